The molecule has 0 fully saturated rings. The molecule has 0 amide bonds. The van der Waals surface area contributed by atoms with Crippen molar-refractivity contribution in [1.29, 1.82) is 0 Å². The van der Waals surface area contributed by atoms with Crippen LogP contribution in [0.2, 0.25) is 5.02 Å². The fourth-order valence-electron chi connectivity index (χ4n) is 2.29. The molecular formula is C18H20ClNO4S. The molecule has 134 valence electrons. The molecule has 2 aromatic rings. The minimum atomic E-state index is -3.95. The average Bonchev–Trinajstić information content (AvgIpc) is 2.53. The normalized spacial score (nSPS) is 11.4. The summed E-state index contributed by atoms with van der Waals surface area (Å²) < 4.78 is 32.4. The van der Waals surface area contributed by atoms with Gasteiger partial charge >= 0.3 is 5.97 Å². The number of nitrogens with zero attached hydrogens (tertiary/aromatic N) is 1. The van der Waals surface area contributed by atoms with Crippen LogP contribution < -0.4 is 4.31 Å². The van der Waals surface area contributed by atoms with Crippen LogP contribution in [-0.2, 0) is 19.6 Å². The molecule has 0 aromatic heterocycles. The van der Waals surface area contributed by atoms with Gasteiger partial charge < -0.3 is 4.74 Å². The molecular weight excluding hydrogens is 362 g/mol. The van der Waals surface area contributed by atoms with E-state index < -0.39 is 22.5 Å². The van der Waals surface area contributed by atoms with Crippen LogP contribution in [0, 0.1) is 6.92 Å². The smallest absolute Gasteiger partial charge is 0.327 e. The highest BCUT2D eigenvalue weighted by Crippen LogP contribution is 2.27. The van der Waals surface area contributed by atoms with Crippen LogP contribution in [0.3, 0.4) is 0 Å². The molecule has 0 aliphatic rings. The molecule has 2 aromatic carbocycles. The summed E-state index contributed by atoms with van der Waals surface area (Å²) in [5.41, 5.74) is 1.16. The number of rotatable bonds is 6. The number of carbonyl (C=O) groups excluding carboxylic acids is 1. The summed E-state index contributed by atoms with van der Waals surface area (Å²) in [5.74, 6) is -0.615. The maximum absolute atomic E-state index is 13.1. The Morgan fingerprint density at radius 2 is 1.72 bits per heavy atom. The highest BCUT2D eigenvalue weighted by molar-refractivity contribution is 7.92. The molecule has 25 heavy (non-hydrogen) atoms. The number of aryl methyl sites for hydroxylation is 1. The van der Waals surface area contributed by atoms with Crippen LogP contribution in [0.25, 0.3) is 0 Å². The summed E-state index contributed by atoms with van der Waals surface area (Å²) in [6, 6.07) is 12.8. The molecule has 0 bridgehead atoms. The van der Waals surface area contributed by atoms with Crippen LogP contribution in [0.15, 0.2) is 53.4 Å². The SMILES string of the molecule is Cc1ccccc1N(CC(=O)OC(C)C)S(=O)(=O)c1ccc(Cl)cc1. The van der Waals surface area contributed by atoms with Crippen LogP contribution in [-0.4, -0.2) is 27.0 Å². The van der Waals surface area contributed by atoms with Crippen LogP contribution in [0.1, 0.15) is 19.4 Å². The number of halogens is 1. The number of sulfonamides is 1. The minimum absolute atomic E-state index is 0.0532. The number of hydrogen-bond acceptors (Lipinski definition) is 4. The van der Waals surface area contributed by atoms with Crippen molar-refractivity contribution >= 4 is 33.3 Å². The van der Waals surface area contributed by atoms with E-state index in [1.54, 1.807) is 45.0 Å². The molecule has 2 rings (SSSR count). The lowest BCUT2D eigenvalue weighted by molar-refractivity contribution is -0.145. The van der Waals surface area contributed by atoms with Gasteiger partial charge in [0.1, 0.15) is 6.54 Å². The number of benzene rings is 2. The average molecular weight is 382 g/mol. The summed E-state index contributed by atoms with van der Waals surface area (Å²) >= 11 is 5.84. The standard InChI is InChI=1S/C18H20ClNO4S/c1-13(2)24-18(21)12-20(17-7-5-4-6-14(17)3)25(22,23)16-10-8-15(19)9-11-16/h4-11,13H,12H2,1-3H3. The number of ether oxygens (including phenoxy) is 1. The Morgan fingerprint density at radius 3 is 2.28 bits per heavy atom. The van der Waals surface area contributed by atoms with Crippen molar-refractivity contribution in [2.45, 2.75) is 31.8 Å². The van der Waals surface area contributed by atoms with E-state index in [-0.39, 0.29) is 11.0 Å². The molecule has 0 N–H and O–H groups in total. The summed E-state index contributed by atoms with van der Waals surface area (Å²) in [5, 5.41) is 0.431. The van der Waals surface area contributed by atoms with Crippen molar-refractivity contribution in [1.82, 2.24) is 0 Å². The number of esters is 1. The lowest BCUT2D eigenvalue weighted by Crippen LogP contribution is -2.37. The Hall–Kier alpha value is -2.05. The van der Waals surface area contributed by atoms with Crippen molar-refractivity contribution in [3.63, 3.8) is 0 Å². The first-order valence-electron chi connectivity index (χ1n) is 7.75. The van der Waals surface area contributed by atoms with E-state index in [1.807, 2.05) is 0 Å². The first kappa shape index (κ1) is 19.3. The topological polar surface area (TPSA) is 63.7 Å². The van der Waals surface area contributed by atoms with E-state index >= 15 is 0 Å². The van der Waals surface area contributed by atoms with E-state index in [9.17, 15) is 13.2 Å². The van der Waals surface area contributed by atoms with E-state index in [1.165, 1.54) is 24.3 Å². The Kier molecular flexibility index (Phi) is 6.08. The van der Waals surface area contributed by atoms with Gasteiger partial charge in [-0.25, -0.2) is 8.42 Å². The second-order valence-electron chi connectivity index (χ2n) is 5.79. The lowest BCUT2D eigenvalue weighted by atomic mass is 10.2. The van der Waals surface area contributed by atoms with Gasteiger partial charge in [-0.3, -0.25) is 9.10 Å². The minimum Gasteiger partial charge on any atom is -0.462 e. The van der Waals surface area contributed by atoms with Crippen molar-refractivity contribution in [2.75, 3.05) is 10.8 Å². The van der Waals surface area contributed by atoms with Gasteiger partial charge in [0.2, 0.25) is 0 Å². The Labute approximate surface area is 153 Å². The Morgan fingerprint density at radius 1 is 1.12 bits per heavy atom. The molecule has 0 saturated heterocycles. The highest BCUT2D eigenvalue weighted by atomic mass is 35.5. The van der Waals surface area contributed by atoms with Gasteiger partial charge in [-0.15, -0.1) is 0 Å². The van der Waals surface area contributed by atoms with Gasteiger partial charge in [0.15, 0.2) is 0 Å². The molecule has 0 aliphatic heterocycles. The Balaban J connectivity index is 2.48. The zero-order valence-corrected chi connectivity index (χ0v) is 15.8. The quantitative estimate of drug-likeness (QED) is 0.714. The predicted molar refractivity (Wildman–Crippen MR) is 98.4 cm³/mol. The Bertz CT molecular complexity index is 848. The molecule has 0 heterocycles. The predicted octanol–water partition coefficient (Wildman–Crippen LogP) is 3.80. The van der Waals surface area contributed by atoms with Gasteiger partial charge in [0.25, 0.3) is 10.0 Å². The van der Waals surface area contributed by atoms with Gasteiger partial charge in [-0.2, -0.15) is 0 Å². The van der Waals surface area contributed by atoms with E-state index in [0.29, 0.717) is 10.7 Å². The highest BCUT2D eigenvalue weighted by Gasteiger charge is 2.28. The molecule has 0 unspecified atom stereocenters. The number of anilines is 1. The van der Waals surface area contributed by atoms with Crippen molar-refractivity contribution < 1.29 is 17.9 Å². The first-order chi connectivity index (χ1) is 11.7. The van der Waals surface area contributed by atoms with Crippen LogP contribution in [0.4, 0.5) is 5.69 Å². The van der Waals surface area contributed by atoms with Gasteiger partial charge in [-0.1, -0.05) is 29.8 Å². The van der Waals surface area contributed by atoms with E-state index in [0.717, 1.165) is 9.87 Å². The third kappa shape index (κ3) is 4.74. The molecule has 5 nitrogen and oxygen atoms in total. The van der Waals surface area contributed by atoms with Crippen molar-refractivity contribution in [3.05, 3.63) is 59.1 Å². The van der Waals surface area contributed by atoms with E-state index in [2.05, 4.69) is 0 Å². The number of carbonyl (C=O) groups is 1. The number of hydrogen-bond donors (Lipinski definition) is 0. The lowest BCUT2D eigenvalue weighted by Gasteiger charge is -2.25. The van der Waals surface area contributed by atoms with Crippen LogP contribution >= 0.6 is 11.6 Å². The summed E-state index contributed by atoms with van der Waals surface area (Å²) in [7, 11) is -3.95. The van der Waals surface area contributed by atoms with Crippen molar-refractivity contribution in [3.8, 4) is 0 Å². The second-order valence-corrected chi connectivity index (χ2v) is 8.09. The van der Waals surface area contributed by atoms with Gasteiger partial charge in [0.05, 0.1) is 16.7 Å². The summed E-state index contributed by atoms with van der Waals surface area (Å²) in [6.07, 6.45) is -0.329. The molecule has 0 atom stereocenters. The van der Waals surface area contributed by atoms with Gasteiger partial charge in [0, 0.05) is 5.02 Å². The zero-order valence-electron chi connectivity index (χ0n) is 14.3. The first-order valence-corrected chi connectivity index (χ1v) is 9.57. The molecule has 0 radical (unpaired) electrons. The second kappa shape index (κ2) is 7.89. The third-order valence-corrected chi connectivity index (χ3v) is 5.45. The maximum Gasteiger partial charge on any atom is 0.327 e. The van der Waals surface area contributed by atoms with Gasteiger partial charge in [-0.05, 0) is 56.7 Å². The zero-order chi connectivity index (χ0) is 18.6. The molecule has 7 heteroatoms. The maximum atomic E-state index is 13.1. The van der Waals surface area contributed by atoms with E-state index in [4.69, 9.17) is 16.3 Å². The molecule has 0 spiro atoms. The van der Waals surface area contributed by atoms with Crippen LogP contribution in [0.5, 0.6) is 0 Å². The third-order valence-electron chi connectivity index (χ3n) is 3.43. The molecule has 0 saturated carbocycles. The largest absolute Gasteiger partial charge is 0.462 e. The summed E-state index contributed by atoms with van der Waals surface area (Å²) in [6.45, 7) is 4.80. The number of para-hydroxylation sites is 1. The van der Waals surface area contributed by atoms with Crippen molar-refractivity contribution in [2.24, 2.45) is 0 Å². The summed E-state index contributed by atoms with van der Waals surface area (Å²) in [4.78, 5) is 12.2. The fraction of sp³-hybridized carbons (Fsp3) is 0.278. The molecule has 0 aliphatic carbocycles. The fourth-order valence-corrected chi connectivity index (χ4v) is 3.89. The monoisotopic (exact) mass is 381 g/mol.